The Hall–Kier alpha value is -0.960. The first-order valence-corrected chi connectivity index (χ1v) is 6.04. The number of aromatic nitrogens is 2. The molecule has 3 rings (SSSR count). The highest BCUT2D eigenvalue weighted by Gasteiger charge is 2.22. The predicted octanol–water partition coefficient (Wildman–Crippen LogP) is 3.66. The summed E-state index contributed by atoms with van der Waals surface area (Å²) < 4.78 is 1.08. The number of halogens is 1. The van der Waals surface area contributed by atoms with Crippen LogP contribution in [-0.2, 0) is 0 Å². The van der Waals surface area contributed by atoms with Crippen LogP contribution in [0.1, 0.15) is 30.9 Å². The average Bonchev–Trinajstić information content (AvgIpc) is 2.15. The maximum absolute atomic E-state index is 4.43. The van der Waals surface area contributed by atoms with E-state index in [1.165, 1.54) is 30.3 Å². The van der Waals surface area contributed by atoms with Crippen LogP contribution in [-0.4, -0.2) is 9.97 Å². The van der Waals surface area contributed by atoms with Crippen LogP contribution in [0.3, 0.4) is 0 Å². The van der Waals surface area contributed by atoms with Crippen molar-refractivity contribution in [3.63, 3.8) is 0 Å². The Labute approximate surface area is 96.9 Å². The normalized spacial score (nSPS) is 16.6. The molecule has 0 aliphatic heterocycles. The molecule has 0 atom stereocenters. The lowest BCUT2D eigenvalue weighted by atomic mass is 9.81. The average molecular weight is 263 g/mol. The molecule has 0 bridgehead atoms. The summed E-state index contributed by atoms with van der Waals surface area (Å²) in [6.07, 6.45) is 5.58. The van der Waals surface area contributed by atoms with E-state index in [1.54, 1.807) is 6.33 Å². The second-order valence-corrected chi connectivity index (χ2v) is 4.96. The van der Waals surface area contributed by atoms with Crippen molar-refractivity contribution >= 4 is 26.8 Å². The molecule has 1 saturated carbocycles. The highest BCUT2D eigenvalue weighted by Crippen LogP contribution is 2.38. The van der Waals surface area contributed by atoms with E-state index in [4.69, 9.17) is 0 Å². The largest absolute Gasteiger partial charge is 0.240 e. The maximum atomic E-state index is 4.43. The summed E-state index contributed by atoms with van der Waals surface area (Å²) in [5.74, 6) is 0.664. The number of rotatable bonds is 1. The summed E-state index contributed by atoms with van der Waals surface area (Å²) in [4.78, 5) is 8.73. The quantitative estimate of drug-likeness (QED) is 0.784. The van der Waals surface area contributed by atoms with Gasteiger partial charge >= 0.3 is 0 Å². The molecule has 0 amide bonds. The van der Waals surface area contributed by atoms with Crippen LogP contribution in [0.4, 0.5) is 0 Å². The highest BCUT2D eigenvalue weighted by molar-refractivity contribution is 9.10. The molecule has 2 aromatic rings. The zero-order chi connectivity index (χ0) is 10.3. The molecule has 76 valence electrons. The van der Waals surface area contributed by atoms with Crippen molar-refractivity contribution in [1.29, 1.82) is 0 Å². The molecule has 1 heterocycles. The number of benzene rings is 1. The summed E-state index contributed by atoms with van der Waals surface area (Å²) in [5.41, 5.74) is 2.28. The first-order chi connectivity index (χ1) is 7.34. The van der Waals surface area contributed by atoms with Crippen LogP contribution >= 0.6 is 15.9 Å². The van der Waals surface area contributed by atoms with Gasteiger partial charge in [-0.25, -0.2) is 9.97 Å². The van der Waals surface area contributed by atoms with Gasteiger partial charge in [0.2, 0.25) is 0 Å². The Kier molecular flexibility index (Phi) is 2.20. The second kappa shape index (κ2) is 3.56. The summed E-state index contributed by atoms with van der Waals surface area (Å²) in [7, 11) is 0. The molecule has 1 fully saturated rings. The number of fused-ring (bicyclic) bond motifs is 1. The molecule has 0 unspecified atom stereocenters. The topological polar surface area (TPSA) is 25.8 Å². The lowest BCUT2D eigenvalue weighted by Crippen LogP contribution is -2.11. The predicted molar refractivity (Wildman–Crippen MR) is 63.8 cm³/mol. The van der Waals surface area contributed by atoms with Gasteiger partial charge in [0.1, 0.15) is 6.33 Å². The molecule has 1 aliphatic carbocycles. The van der Waals surface area contributed by atoms with Crippen LogP contribution < -0.4 is 0 Å². The Morgan fingerprint density at radius 3 is 2.80 bits per heavy atom. The monoisotopic (exact) mass is 262 g/mol. The van der Waals surface area contributed by atoms with E-state index < -0.39 is 0 Å². The second-order valence-electron chi connectivity index (χ2n) is 4.05. The van der Waals surface area contributed by atoms with Crippen molar-refractivity contribution < 1.29 is 0 Å². The third kappa shape index (κ3) is 1.55. The Morgan fingerprint density at radius 2 is 2.07 bits per heavy atom. The van der Waals surface area contributed by atoms with Crippen molar-refractivity contribution in [3.05, 3.63) is 34.7 Å². The fraction of sp³-hybridized carbons (Fsp3) is 0.333. The van der Waals surface area contributed by atoms with Gasteiger partial charge in [-0.1, -0.05) is 22.4 Å². The third-order valence-corrected chi connectivity index (χ3v) is 3.61. The van der Waals surface area contributed by atoms with Crippen LogP contribution in [0.2, 0.25) is 0 Å². The van der Waals surface area contributed by atoms with Crippen molar-refractivity contribution in [1.82, 2.24) is 9.97 Å². The summed E-state index contributed by atoms with van der Waals surface area (Å²) in [6.45, 7) is 0. The molecule has 1 aliphatic rings. The smallest absolute Gasteiger partial charge is 0.116 e. The van der Waals surface area contributed by atoms with Gasteiger partial charge in [0, 0.05) is 15.8 Å². The molecule has 0 radical (unpaired) electrons. The molecule has 0 spiro atoms. The van der Waals surface area contributed by atoms with Gasteiger partial charge in [-0.2, -0.15) is 0 Å². The summed E-state index contributed by atoms with van der Waals surface area (Å²) in [5, 5.41) is 1.21. The third-order valence-electron chi connectivity index (χ3n) is 3.12. The van der Waals surface area contributed by atoms with E-state index in [9.17, 15) is 0 Å². The number of hydrogen-bond acceptors (Lipinski definition) is 2. The van der Waals surface area contributed by atoms with Crippen LogP contribution in [0, 0.1) is 0 Å². The van der Waals surface area contributed by atoms with Gasteiger partial charge in [-0.15, -0.1) is 0 Å². The van der Waals surface area contributed by atoms with Gasteiger partial charge in [-0.05, 0) is 31.0 Å². The maximum Gasteiger partial charge on any atom is 0.116 e. The minimum atomic E-state index is 0.664. The molecule has 0 saturated heterocycles. The van der Waals surface area contributed by atoms with E-state index in [0.717, 1.165) is 9.99 Å². The molecule has 1 aromatic carbocycles. The fourth-order valence-electron chi connectivity index (χ4n) is 2.06. The first kappa shape index (κ1) is 9.28. The zero-order valence-electron chi connectivity index (χ0n) is 8.28. The van der Waals surface area contributed by atoms with Gasteiger partial charge in [0.25, 0.3) is 0 Å². The van der Waals surface area contributed by atoms with Crippen molar-refractivity contribution in [2.75, 3.05) is 0 Å². The number of nitrogens with zero attached hydrogens (tertiary/aromatic N) is 2. The van der Waals surface area contributed by atoms with E-state index >= 15 is 0 Å². The minimum Gasteiger partial charge on any atom is -0.240 e. The zero-order valence-corrected chi connectivity index (χ0v) is 9.87. The van der Waals surface area contributed by atoms with E-state index in [0.29, 0.717) is 5.92 Å². The van der Waals surface area contributed by atoms with Crippen molar-refractivity contribution in [2.24, 2.45) is 0 Å². The van der Waals surface area contributed by atoms with E-state index in [2.05, 4.69) is 44.1 Å². The van der Waals surface area contributed by atoms with Gasteiger partial charge in [0.15, 0.2) is 0 Å². The molecular formula is C12H11BrN2. The Morgan fingerprint density at radius 1 is 1.20 bits per heavy atom. The van der Waals surface area contributed by atoms with Gasteiger partial charge < -0.3 is 0 Å². The molecule has 3 heteroatoms. The lowest BCUT2D eigenvalue weighted by Gasteiger charge is -2.25. The molecule has 0 N–H and O–H groups in total. The molecule has 2 nitrogen and oxygen atoms in total. The van der Waals surface area contributed by atoms with Gasteiger partial charge in [-0.3, -0.25) is 0 Å². The molecule has 15 heavy (non-hydrogen) atoms. The van der Waals surface area contributed by atoms with E-state index in [1.807, 2.05) is 0 Å². The molecular weight excluding hydrogens is 252 g/mol. The van der Waals surface area contributed by atoms with E-state index in [-0.39, 0.29) is 0 Å². The minimum absolute atomic E-state index is 0.664. The number of hydrogen-bond donors (Lipinski definition) is 0. The summed E-state index contributed by atoms with van der Waals surface area (Å²) >= 11 is 3.46. The Bertz CT molecular complexity index is 506. The summed E-state index contributed by atoms with van der Waals surface area (Å²) in [6, 6.07) is 6.24. The van der Waals surface area contributed by atoms with Gasteiger partial charge in [0.05, 0.1) is 11.2 Å². The highest BCUT2D eigenvalue weighted by atomic mass is 79.9. The lowest BCUT2D eigenvalue weighted by molar-refractivity contribution is 0.413. The van der Waals surface area contributed by atoms with Crippen LogP contribution in [0.15, 0.2) is 29.0 Å². The van der Waals surface area contributed by atoms with Crippen molar-refractivity contribution in [3.8, 4) is 0 Å². The Balaban J connectivity index is 2.21. The first-order valence-electron chi connectivity index (χ1n) is 5.25. The van der Waals surface area contributed by atoms with Crippen LogP contribution in [0.25, 0.3) is 10.9 Å². The van der Waals surface area contributed by atoms with Crippen molar-refractivity contribution in [2.45, 2.75) is 25.2 Å². The van der Waals surface area contributed by atoms with Crippen LogP contribution in [0.5, 0.6) is 0 Å². The SMILES string of the molecule is Brc1ccc2c(C3CCC3)ncnc2c1. The standard InChI is InChI=1S/C12H11BrN2/c13-9-4-5-10-11(6-9)14-7-15-12(10)8-2-1-3-8/h4-8H,1-3H2. The molecule has 1 aromatic heterocycles. The fourth-order valence-corrected chi connectivity index (χ4v) is 2.41.